The number of carbonyl (C=O) groups is 3. The maximum atomic E-state index is 12.7. The van der Waals surface area contributed by atoms with Gasteiger partial charge in [-0.1, -0.05) is 17.7 Å². The highest BCUT2D eigenvalue weighted by Gasteiger charge is 2.36. The quantitative estimate of drug-likeness (QED) is 0.334. The third-order valence-corrected chi connectivity index (χ3v) is 6.87. The Morgan fingerprint density at radius 1 is 1.18 bits per heavy atom. The van der Waals surface area contributed by atoms with E-state index in [1.165, 1.54) is 6.08 Å². The van der Waals surface area contributed by atoms with Gasteiger partial charge in [-0.3, -0.25) is 19.3 Å². The normalized spacial score (nSPS) is 14.7. The van der Waals surface area contributed by atoms with Crippen molar-refractivity contribution in [3.8, 4) is 17.1 Å². The molecule has 4 rings (SSSR count). The summed E-state index contributed by atoms with van der Waals surface area (Å²) in [5.41, 5.74) is 1.30. The first-order chi connectivity index (χ1) is 16.3. The van der Waals surface area contributed by atoms with Gasteiger partial charge in [0.1, 0.15) is 23.8 Å². The van der Waals surface area contributed by atoms with E-state index in [-0.39, 0.29) is 4.91 Å². The molecule has 1 fully saturated rings. The predicted octanol–water partition coefficient (Wildman–Crippen LogP) is 6.44. The number of thioether (sulfide) groups is 1. The number of amides is 3. The summed E-state index contributed by atoms with van der Waals surface area (Å²) >= 11 is 10.2. The molecule has 0 spiro atoms. The Bertz CT molecular complexity index is 1290. The molecule has 0 aliphatic carbocycles. The Morgan fingerprint density at radius 2 is 1.94 bits per heavy atom. The minimum Gasteiger partial charge on any atom is -0.494 e. The van der Waals surface area contributed by atoms with E-state index in [2.05, 4.69) is 21.2 Å². The Labute approximate surface area is 213 Å². The van der Waals surface area contributed by atoms with Crippen molar-refractivity contribution in [3.05, 3.63) is 74.8 Å². The number of nitrogens with zero attached hydrogens (tertiary/aromatic N) is 1. The van der Waals surface area contributed by atoms with Gasteiger partial charge in [0.15, 0.2) is 0 Å². The summed E-state index contributed by atoms with van der Waals surface area (Å²) in [6.07, 6.45) is 1.49. The number of imide groups is 1. The molecular weight excluding hydrogens is 544 g/mol. The molecule has 3 amide bonds. The molecule has 7 nitrogen and oxygen atoms in total. The van der Waals surface area contributed by atoms with Crippen LogP contribution in [0.2, 0.25) is 5.02 Å². The van der Waals surface area contributed by atoms with Gasteiger partial charge in [0.2, 0.25) is 5.91 Å². The van der Waals surface area contributed by atoms with Gasteiger partial charge in [-0.15, -0.1) is 0 Å². The summed E-state index contributed by atoms with van der Waals surface area (Å²) in [6.45, 7) is 2.02. The van der Waals surface area contributed by atoms with Crippen LogP contribution in [0.15, 0.2) is 68.4 Å². The zero-order valence-electron chi connectivity index (χ0n) is 17.8. The van der Waals surface area contributed by atoms with Gasteiger partial charge in [-0.25, -0.2) is 0 Å². The van der Waals surface area contributed by atoms with Crippen LogP contribution in [0, 0.1) is 0 Å². The van der Waals surface area contributed by atoms with Gasteiger partial charge in [0.05, 0.1) is 16.5 Å². The van der Waals surface area contributed by atoms with Crippen molar-refractivity contribution in [1.29, 1.82) is 0 Å². The number of halogens is 2. The highest BCUT2D eigenvalue weighted by molar-refractivity contribution is 9.10. The first-order valence-electron chi connectivity index (χ1n) is 10.2. The van der Waals surface area contributed by atoms with Crippen LogP contribution in [0.3, 0.4) is 0 Å². The van der Waals surface area contributed by atoms with Crippen LogP contribution in [0.5, 0.6) is 5.75 Å². The minimum atomic E-state index is -0.554. The third-order valence-electron chi connectivity index (χ3n) is 4.73. The van der Waals surface area contributed by atoms with Crippen LogP contribution in [-0.4, -0.2) is 35.1 Å². The van der Waals surface area contributed by atoms with Crippen LogP contribution < -0.4 is 10.1 Å². The van der Waals surface area contributed by atoms with E-state index in [0.29, 0.717) is 34.6 Å². The van der Waals surface area contributed by atoms with Crippen molar-refractivity contribution in [2.24, 2.45) is 0 Å². The van der Waals surface area contributed by atoms with E-state index >= 15 is 0 Å². The first-order valence-corrected chi connectivity index (χ1v) is 12.2. The molecule has 1 N–H and O–H groups in total. The van der Waals surface area contributed by atoms with E-state index in [1.807, 2.05) is 19.1 Å². The second-order valence-corrected chi connectivity index (χ2v) is 9.36. The Hall–Kier alpha value is -3.01. The van der Waals surface area contributed by atoms with Crippen molar-refractivity contribution >= 4 is 68.1 Å². The van der Waals surface area contributed by atoms with Crippen LogP contribution in [0.4, 0.5) is 10.5 Å². The van der Waals surface area contributed by atoms with Crippen LogP contribution in [-0.2, 0) is 9.59 Å². The Balaban J connectivity index is 1.41. The van der Waals surface area contributed by atoms with Crippen LogP contribution in [0.1, 0.15) is 12.7 Å². The lowest BCUT2D eigenvalue weighted by Crippen LogP contribution is -2.36. The molecule has 34 heavy (non-hydrogen) atoms. The number of hydrogen-bond acceptors (Lipinski definition) is 6. The molecule has 1 aromatic heterocycles. The second kappa shape index (κ2) is 10.5. The molecule has 1 saturated heterocycles. The minimum absolute atomic E-state index is 0.175. The van der Waals surface area contributed by atoms with Crippen molar-refractivity contribution in [2.45, 2.75) is 6.92 Å². The Kier molecular flexibility index (Phi) is 7.45. The van der Waals surface area contributed by atoms with Crippen molar-refractivity contribution < 1.29 is 23.5 Å². The molecule has 10 heteroatoms. The maximum Gasteiger partial charge on any atom is 0.294 e. The van der Waals surface area contributed by atoms with Gasteiger partial charge in [-0.2, -0.15) is 0 Å². The van der Waals surface area contributed by atoms with Crippen LogP contribution >= 0.6 is 39.3 Å². The van der Waals surface area contributed by atoms with E-state index in [9.17, 15) is 14.4 Å². The molecule has 3 aromatic rings. The van der Waals surface area contributed by atoms with Gasteiger partial charge in [0.25, 0.3) is 11.1 Å². The highest BCUT2D eigenvalue weighted by Crippen LogP contribution is 2.34. The molecule has 1 aliphatic rings. The average molecular weight is 562 g/mol. The smallest absolute Gasteiger partial charge is 0.294 e. The molecule has 0 bridgehead atoms. The number of carbonyl (C=O) groups excluding carboxylic acids is 3. The topological polar surface area (TPSA) is 88.8 Å². The molecule has 174 valence electrons. The summed E-state index contributed by atoms with van der Waals surface area (Å²) in [4.78, 5) is 38.6. The number of ether oxygens (including phenoxy) is 1. The third kappa shape index (κ3) is 5.55. The summed E-state index contributed by atoms with van der Waals surface area (Å²) < 4.78 is 11.9. The summed E-state index contributed by atoms with van der Waals surface area (Å²) in [5, 5.41) is 2.69. The number of benzene rings is 2. The number of nitrogens with one attached hydrogen (secondary N) is 1. The maximum absolute atomic E-state index is 12.7. The van der Waals surface area contributed by atoms with Gasteiger partial charge >= 0.3 is 0 Å². The zero-order valence-corrected chi connectivity index (χ0v) is 21.0. The lowest BCUT2D eigenvalue weighted by Gasteiger charge is -2.12. The average Bonchev–Trinajstić information content (AvgIpc) is 3.37. The van der Waals surface area contributed by atoms with Gasteiger partial charge in [0, 0.05) is 21.8 Å². The molecule has 2 heterocycles. The van der Waals surface area contributed by atoms with Crippen molar-refractivity contribution in [2.75, 3.05) is 18.5 Å². The second-order valence-electron chi connectivity index (χ2n) is 7.10. The number of furan rings is 1. The fraction of sp³-hybridized carbons (Fsp3) is 0.125. The van der Waals surface area contributed by atoms with E-state index in [1.54, 1.807) is 42.5 Å². The Morgan fingerprint density at radius 3 is 2.65 bits per heavy atom. The lowest BCUT2D eigenvalue weighted by molar-refractivity contribution is -0.127. The molecule has 0 atom stereocenters. The molecule has 1 aliphatic heterocycles. The number of rotatable bonds is 7. The summed E-state index contributed by atoms with van der Waals surface area (Å²) in [6, 6.07) is 15.7. The molecule has 2 aromatic carbocycles. The fourth-order valence-electron chi connectivity index (χ4n) is 3.15. The standard InChI is InChI=1S/C24H18BrClN2O5S/c1-2-32-16-6-4-15(5-7-16)27-22(29)13-28-23(30)21(34-24(28)31)12-17-8-10-20(33-17)14-3-9-18(25)19(26)11-14/h3-12H,2,13H2,1H3,(H,27,29)/b21-12+. The zero-order chi connectivity index (χ0) is 24.2. The molecule has 0 saturated carbocycles. The summed E-state index contributed by atoms with van der Waals surface area (Å²) in [5.74, 6) is 0.607. The van der Waals surface area contributed by atoms with E-state index in [0.717, 1.165) is 26.7 Å². The van der Waals surface area contributed by atoms with Crippen molar-refractivity contribution in [1.82, 2.24) is 4.90 Å². The molecule has 0 radical (unpaired) electrons. The SMILES string of the molecule is CCOc1ccc(NC(=O)CN2C(=O)S/C(=C/c3ccc(-c4ccc(Br)c(Cl)c4)o3)C2=O)cc1. The van der Waals surface area contributed by atoms with Crippen molar-refractivity contribution in [3.63, 3.8) is 0 Å². The van der Waals surface area contributed by atoms with Crippen LogP contribution in [0.25, 0.3) is 17.4 Å². The molecule has 0 unspecified atom stereocenters. The van der Waals surface area contributed by atoms with E-state index in [4.69, 9.17) is 20.8 Å². The molecular formula is C24H18BrClN2O5S. The van der Waals surface area contributed by atoms with E-state index < -0.39 is 23.6 Å². The fourth-order valence-corrected chi connectivity index (χ4v) is 4.39. The first kappa shape index (κ1) is 24.1. The number of hydrogen-bond donors (Lipinski definition) is 1. The summed E-state index contributed by atoms with van der Waals surface area (Å²) in [7, 11) is 0. The monoisotopic (exact) mass is 560 g/mol. The predicted molar refractivity (Wildman–Crippen MR) is 136 cm³/mol. The lowest BCUT2D eigenvalue weighted by atomic mass is 10.2. The van der Waals surface area contributed by atoms with Gasteiger partial charge < -0.3 is 14.5 Å². The van der Waals surface area contributed by atoms with Gasteiger partial charge in [-0.05, 0) is 83.1 Å². The highest BCUT2D eigenvalue weighted by atomic mass is 79.9. The largest absolute Gasteiger partial charge is 0.494 e. The number of anilines is 1.